The molecule has 0 radical (unpaired) electrons. The molecule has 0 bridgehead atoms. The molecule has 1 atom stereocenters. The average molecular weight is 214 g/mol. The molecule has 0 aliphatic carbocycles. The molecule has 1 N–H and O–H groups in total. The summed E-state index contributed by atoms with van der Waals surface area (Å²) in [5.41, 5.74) is 0. The van der Waals surface area contributed by atoms with Crippen molar-refractivity contribution in [3.8, 4) is 0 Å². The van der Waals surface area contributed by atoms with Gasteiger partial charge >= 0.3 is 0 Å². The van der Waals surface area contributed by atoms with Crippen molar-refractivity contribution in [3.63, 3.8) is 0 Å². The van der Waals surface area contributed by atoms with Gasteiger partial charge in [-0.25, -0.2) is 0 Å². The van der Waals surface area contributed by atoms with Crippen molar-refractivity contribution in [3.05, 3.63) is 11.7 Å². The minimum atomic E-state index is 0.105. The summed E-state index contributed by atoms with van der Waals surface area (Å²) in [4.78, 5) is 4.23. The molecule has 0 spiro atoms. The quantitative estimate of drug-likeness (QED) is 0.685. The predicted octanol–water partition coefficient (Wildman–Crippen LogP) is 0.962. The molecule has 86 valence electrons. The van der Waals surface area contributed by atoms with Crippen LogP contribution in [0, 0.1) is 0 Å². The summed E-state index contributed by atoms with van der Waals surface area (Å²) in [5, 5.41) is 12.5. The second kappa shape index (κ2) is 6.53. The van der Waals surface area contributed by atoms with E-state index in [1.165, 1.54) is 0 Å². The maximum atomic E-state index is 8.62. The van der Waals surface area contributed by atoms with E-state index in [0.717, 1.165) is 19.3 Å². The molecule has 0 aromatic carbocycles. The van der Waals surface area contributed by atoms with Crippen LogP contribution in [0.4, 0.5) is 0 Å². The lowest BCUT2D eigenvalue weighted by Crippen LogP contribution is -2.09. The highest BCUT2D eigenvalue weighted by Gasteiger charge is 2.09. The Morgan fingerprint density at radius 1 is 1.47 bits per heavy atom. The molecule has 0 aliphatic rings. The molecule has 0 saturated heterocycles. The van der Waals surface area contributed by atoms with E-state index in [1.807, 2.05) is 6.92 Å². The van der Waals surface area contributed by atoms with Gasteiger partial charge < -0.3 is 14.4 Å². The Hall–Kier alpha value is -0.940. The lowest BCUT2D eigenvalue weighted by molar-refractivity contribution is 0.116. The largest absolute Gasteiger partial charge is 0.396 e. The first kappa shape index (κ1) is 12.1. The highest BCUT2D eigenvalue weighted by Crippen LogP contribution is 2.05. The first-order valence-corrected chi connectivity index (χ1v) is 5.21. The Kier molecular flexibility index (Phi) is 5.28. The maximum Gasteiger partial charge on any atom is 0.226 e. The zero-order valence-corrected chi connectivity index (χ0v) is 9.27. The number of unbranched alkanes of at least 4 members (excludes halogenated alkanes) is 1. The van der Waals surface area contributed by atoms with Crippen LogP contribution >= 0.6 is 0 Å². The third kappa shape index (κ3) is 4.40. The van der Waals surface area contributed by atoms with Gasteiger partial charge in [0.25, 0.3) is 0 Å². The molecule has 1 aromatic heterocycles. The van der Waals surface area contributed by atoms with Crippen LogP contribution in [0.1, 0.15) is 31.5 Å². The number of nitrogens with zero attached hydrogens (tertiary/aromatic N) is 2. The maximum absolute atomic E-state index is 8.62. The molecule has 0 aliphatic heterocycles. The fourth-order valence-electron chi connectivity index (χ4n) is 1.20. The van der Waals surface area contributed by atoms with Crippen LogP contribution in [-0.2, 0) is 17.6 Å². The molecule has 15 heavy (non-hydrogen) atoms. The number of ether oxygens (including phenoxy) is 1. The van der Waals surface area contributed by atoms with Crippen molar-refractivity contribution < 1.29 is 14.4 Å². The SMILES string of the molecule is COC(C)Cc1noc(CCCCO)n1. The lowest BCUT2D eigenvalue weighted by atomic mass is 10.2. The minimum absolute atomic E-state index is 0.105. The molecule has 1 aromatic rings. The summed E-state index contributed by atoms with van der Waals surface area (Å²) in [6.45, 7) is 2.17. The highest BCUT2D eigenvalue weighted by atomic mass is 16.5. The highest BCUT2D eigenvalue weighted by molar-refractivity contribution is 4.88. The zero-order chi connectivity index (χ0) is 11.1. The van der Waals surface area contributed by atoms with E-state index in [2.05, 4.69) is 10.1 Å². The Labute approximate surface area is 89.4 Å². The third-order valence-corrected chi connectivity index (χ3v) is 2.18. The van der Waals surface area contributed by atoms with E-state index >= 15 is 0 Å². The normalized spacial score (nSPS) is 13.0. The molecule has 0 saturated carbocycles. The Bertz CT molecular complexity index is 275. The fourth-order valence-corrected chi connectivity index (χ4v) is 1.20. The number of rotatable bonds is 7. The van der Waals surface area contributed by atoms with Crippen LogP contribution in [0.15, 0.2) is 4.52 Å². The summed E-state index contributed by atoms with van der Waals surface area (Å²) >= 11 is 0. The van der Waals surface area contributed by atoms with Crippen molar-refractivity contribution in [1.29, 1.82) is 0 Å². The Morgan fingerprint density at radius 3 is 2.93 bits per heavy atom. The first-order chi connectivity index (χ1) is 7.26. The first-order valence-electron chi connectivity index (χ1n) is 5.21. The average Bonchev–Trinajstić information content (AvgIpc) is 2.66. The number of hydrogen-bond acceptors (Lipinski definition) is 5. The topological polar surface area (TPSA) is 68.4 Å². The molecule has 5 nitrogen and oxygen atoms in total. The van der Waals surface area contributed by atoms with Crippen LogP contribution in [0.5, 0.6) is 0 Å². The Balaban J connectivity index is 2.35. The van der Waals surface area contributed by atoms with Gasteiger partial charge in [-0.1, -0.05) is 5.16 Å². The van der Waals surface area contributed by atoms with Gasteiger partial charge in [0.1, 0.15) is 0 Å². The van der Waals surface area contributed by atoms with Crippen molar-refractivity contribution in [2.45, 2.75) is 38.7 Å². The molecule has 1 unspecified atom stereocenters. The van der Waals surface area contributed by atoms with E-state index in [0.29, 0.717) is 18.1 Å². The summed E-state index contributed by atoms with van der Waals surface area (Å²) in [5.74, 6) is 1.32. The smallest absolute Gasteiger partial charge is 0.226 e. The molecule has 1 rings (SSSR count). The molecule has 1 heterocycles. The van der Waals surface area contributed by atoms with Crippen molar-refractivity contribution >= 4 is 0 Å². The fraction of sp³-hybridized carbons (Fsp3) is 0.800. The van der Waals surface area contributed by atoms with E-state index in [-0.39, 0.29) is 12.7 Å². The standard InChI is InChI=1S/C10H18N2O3/c1-8(14-2)7-9-11-10(15-12-9)5-3-4-6-13/h8,13H,3-7H2,1-2H3. The van der Waals surface area contributed by atoms with E-state index in [4.69, 9.17) is 14.4 Å². The van der Waals surface area contributed by atoms with Gasteiger partial charge in [-0.2, -0.15) is 4.98 Å². The van der Waals surface area contributed by atoms with Crippen LogP contribution in [0.3, 0.4) is 0 Å². The van der Waals surface area contributed by atoms with E-state index in [9.17, 15) is 0 Å². The molecular formula is C10H18N2O3. The van der Waals surface area contributed by atoms with Crippen LogP contribution in [0.25, 0.3) is 0 Å². The van der Waals surface area contributed by atoms with Crippen molar-refractivity contribution in [2.24, 2.45) is 0 Å². The molecule has 5 heteroatoms. The van der Waals surface area contributed by atoms with Crippen LogP contribution < -0.4 is 0 Å². The zero-order valence-electron chi connectivity index (χ0n) is 9.27. The number of aliphatic hydroxyl groups excluding tert-OH is 1. The third-order valence-electron chi connectivity index (χ3n) is 2.18. The second-order valence-electron chi connectivity index (χ2n) is 3.54. The van der Waals surface area contributed by atoms with Gasteiger partial charge in [0.05, 0.1) is 6.10 Å². The summed E-state index contributed by atoms with van der Waals surface area (Å²) < 4.78 is 10.2. The van der Waals surface area contributed by atoms with E-state index in [1.54, 1.807) is 7.11 Å². The van der Waals surface area contributed by atoms with Gasteiger partial charge in [0.15, 0.2) is 5.82 Å². The summed E-state index contributed by atoms with van der Waals surface area (Å²) in [7, 11) is 1.66. The van der Waals surface area contributed by atoms with Gasteiger partial charge in [0.2, 0.25) is 5.89 Å². The van der Waals surface area contributed by atoms with Crippen molar-refractivity contribution in [2.75, 3.05) is 13.7 Å². The minimum Gasteiger partial charge on any atom is -0.396 e. The van der Waals surface area contributed by atoms with Crippen LogP contribution in [-0.4, -0.2) is 35.1 Å². The van der Waals surface area contributed by atoms with Gasteiger partial charge in [-0.05, 0) is 19.8 Å². The number of aryl methyl sites for hydroxylation is 1. The summed E-state index contributed by atoms with van der Waals surface area (Å²) in [6.07, 6.45) is 3.15. The molecular weight excluding hydrogens is 196 g/mol. The van der Waals surface area contributed by atoms with Gasteiger partial charge in [-0.15, -0.1) is 0 Å². The van der Waals surface area contributed by atoms with Crippen LogP contribution in [0.2, 0.25) is 0 Å². The van der Waals surface area contributed by atoms with Crippen molar-refractivity contribution in [1.82, 2.24) is 10.1 Å². The Morgan fingerprint density at radius 2 is 2.27 bits per heavy atom. The lowest BCUT2D eigenvalue weighted by Gasteiger charge is -2.03. The predicted molar refractivity (Wildman–Crippen MR) is 54.5 cm³/mol. The summed E-state index contributed by atoms with van der Waals surface area (Å²) in [6, 6.07) is 0. The number of aliphatic hydroxyl groups is 1. The molecule has 0 fully saturated rings. The molecule has 0 amide bonds. The van der Waals surface area contributed by atoms with Gasteiger partial charge in [0, 0.05) is 26.6 Å². The van der Waals surface area contributed by atoms with Gasteiger partial charge in [-0.3, -0.25) is 0 Å². The number of hydrogen-bond donors (Lipinski definition) is 1. The monoisotopic (exact) mass is 214 g/mol. The number of aromatic nitrogens is 2. The van der Waals surface area contributed by atoms with E-state index < -0.39 is 0 Å². The number of methoxy groups -OCH3 is 1. The second-order valence-corrected chi connectivity index (χ2v) is 3.54.